The predicted molar refractivity (Wildman–Crippen MR) is 52.2 cm³/mol. The van der Waals surface area contributed by atoms with E-state index in [0.29, 0.717) is 0 Å². The fraction of sp³-hybridized carbons (Fsp3) is 0.222. The summed E-state index contributed by atoms with van der Waals surface area (Å²) in [6.45, 7) is 0. The molecule has 0 spiro atoms. The minimum absolute atomic E-state index is 0.300. The first-order valence-electron chi connectivity index (χ1n) is 3.75. The van der Waals surface area contributed by atoms with E-state index in [1.54, 1.807) is 0 Å². The van der Waals surface area contributed by atoms with E-state index in [9.17, 15) is 4.79 Å². The summed E-state index contributed by atoms with van der Waals surface area (Å²) < 4.78 is 0. The number of primary amides is 1. The molecule has 2 nitrogen and oxygen atoms in total. The van der Waals surface area contributed by atoms with E-state index in [0.717, 1.165) is 23.9 Å². The number of hydrogen-bond donors (Lipinski definition) is 1. The Morgan fingerprint density at radius 2 is 2.00 bits per heavy atom. The van der Waals surface area contributed by atoms with Crippen molar-refractivity contribution in [1.82, 2.24) is 0 Å². The third kappa shape index (κ3) is 3.44. The highest BCUT2D eigenvalue weighted by molar-refractivity contribution is 8.13. The Morgan fingerprint density at radius 3 is 2.58 bits per heavy atom. The molecule has 0 heterocycles. The average Bonchev–Trinajstić information content (AvgIpc) is 2.05. The van der Waals surface area contributed by atoms with E-state index in [1.165, 1.54) is 5.56 Å². The first-order valence-corrected chi connectivity index (χ1v) is 4.74. The van der Waals surface area contributed by atoms with E-state index in [1.807, 2.05) is 30.3 Å². The van der Waals surface area contributed by atoms with E-state index >= 15 is 0 Å². The third-order valence-corrected chi connectivity index (χ3v) is 2.17. The predicted octanol–water partition coefficient (Wildman–Crippen LogP) is 2.04. The molecule has 0 aromatic heterocycles. The van der Waals surface area contributed by atoms with Crippen LogP contribution >= 0.6 is 11.8 Å². The van der Waals surface area contributed by atoms with Gasteiger partial charge in [0.1, 0.15) is 0 Å². The zero-order valence-electron chi connectivity index (χ0n) is 6.69. The van der Waals surface area contributed by atoms with Gasteiger partial charge in [0.15, 0.2) is 0 Å². The van der Waals surface area contributed by atoms with Crippen LogP contribution in [-0.2, 0) is 6.42 Å². The average molecular weight is 181 g/mol. The Balaban J connectivity index is 2.29. The summed E-state index contributed by atoms with van der Waals surface area (Å²) in [7, 11) is 0. The largest absolute Gasteiger partial charge is 0.361 e. The number of nitrogens with two attached hydrogens (primary N) is 1. The van der Waals surface area contributed by atoms with Gasteiger partial charge in [-0.25, -0.2) is 0 Å². The van der Waals surface area contributed by atoms with Gasteiger partial charge < -0.3 is 5.73 Å². The maximum atomic E-state index is 10.4. The minimum Gasteiger partial charge on any atom is -0.361 e. The maximum Gasteiger partial charge on any atom is 0.276 e. The normalized spacial score (nSPS) is 9.67. The van der Waals surface area contributed by atoms with Crippen LogP contribution in [0.3, 0.4) is 0 Å². The van der Waals surface area contributed by atoms with Crippen LogP contribution in [0.1, 0.15) is 5.56 Å². The molecule has 1 amide bonds. The van der Waals surface area contributed by atoms with Gasteiger partial charge in [-0.1, -0.05) is 42.1 Å². The smallest absolute Gasteiger partial charge is 0.276 e. The van der Waals surface area contributed by atoms with Gasteiger partial charge in [0, 0.05) is 5.75 Å². The van der Waals surface area contributed by atoms with E-state index in [4.69, 9.17) is 5.73 Å². The van der Waals surface area contributed by atoms with E-state index < -0.39 is 0 Å². The van der Waals surface area contributed by atoms with Crippen LogP contribution in [0.15, 0.2) is 30.3 Å². The Kier molecular flexibility index (Phi) is 3.67. The van der Waals surface area contributed by atoms with Gasteiger partial charge in [0.2, 0.25) is 0 Å². The molecular formula is C9H11NOS. The van der Waals surface area contributed by atoms with Crippen LogP contribution in [0.25, 0.3) is 0 Å². The summed E-state index contributed by atoms with van der Waals surface area (Å²) in [5, 5.41) is -0.300. The van der Waals surface area contributed by atoms with Crippen molar-refractivity contribution < 1.29 is 4.79 Å². The fourth-order valence-corrected chi connectivity index (χ4v) is 1.45. The first-order chi connectivity index (χ1) is 5.79. The second kappa shape index (κ2) is 4.83. The van der Waals surface area contributed by atoms with Crippen LogP contribution in [0.4, 0.5) is 4.79 Å². The molecule has 12 heavy (non-hydrogen) atoms. The molecule has 3 heteroatoms. The fourth-order valence-electron chi connectivity index (χ4n) is 0.914. The van der Waals surface area contributed by atoms with Gasteiger partial charge in [0.25, 0.3) is 5.24 Å². The number of hydrogen-bond acceptors (Lipinski definition) is 2. The molecule has 1 rings (SSSR count). The summed E-state index contributed by atoms with van der Waals surface area (Å²) in [6, 6.07) is 10.0. The maximum absolute atomic E-state index is 10.4. The second-order valence-corrected chi connectivity index (χ2v) is 3.50. The van der Waals surface area contributed by atoms with Crippen molar-refractivity contribution in [3.05, 3.63) is 35.9 Å². The number of benzene rings is 1. The van der Waals surface area contributed by atoms with Crippen molar-refractivity contribution in [2.24, 2.45) is 5.73 Å². The summed E-state index contributed by atoms with van der Waals surface area (Å²) in [4.78, 5) is 10.4. The van der Waals surface area contributed by atoms with Crippen molar-refractivity contribution in [2.45, 2.75) is 6.42 Å². The lowest BCUT2D eigenvalue weighted by Gasteiger charge is -1.97. The molecule has 0 unspecified atom stereocenters. The van der Waals surface area contributed by atoms with Crippen molar-refractivity contribution in [1.29, 1.82) is 0 Å². The Morgan fingerprint density at radius 1 is 1.33 bits per heavy atom. The monoisotopic (exact) mass is 181 g/mol. The molecule has 0 radical (unpaired) electrons. The molecule has 0 bridgehead atoms. The Hall–Kier alpha value is -0.960. The lowest BCUT2D eigenvalue weighted by atomic mass is 10.2. The number of aryl methyl sites for hydroxylation is 1. The standard InChI is InChI=1S/C9H11NOS/c10-9(11)12-7-6-8-4-2-1-3-5-8/h1-5H,6-7H2,(H2,10,11). The minimum atomic E-state index is -0.300. The zero-order valence-corrected chi connectivity index (χ0v) is 7.51. The second-order valence-electron chi connectivity index (χ2n) is 2.40. The van der Waals surface area contributed by atoms with Crippen molar-refractivity contribution in [2.75, 3.05) is 5.75 Å². The quantitative estimate of drug-likeness (QED) is 0.775. The van der Waals surface area contributed by atoms with Crippen molar-refractivity contribution >= 4 is 17.0 Å². The van der Waals surface area contributed by atoms with Gasteiger partial charge in [0.05, 0.1) is 0 Å². The molecule has 1 aromatic carbocycles. The van der Waals surface area contributed by atoms with Gasteiger partial charge in [-0.3, -0.25) is 4.79 Å². The van der Waals surface area contributed by atoms with Crippen molar-refractivity contribution in [3.8, 4) is 0 Å². The van der Waals surface area contributed by atoms with Gasteiger partial charge in [-0.2, -0.15) is 0 Å². The number of rotatable bonds is 3. The summed E-state index contributed by atoms with van der Waals surface area (Å²) in [6.07, 6.45) is 0.897. The number of thioether (sulfide) groups is 1. The molecule has 0 saturated heterocycles. The first kappa shape index (κ1) is 9.13. The molecule has 0 aliphatic rings. The van der Waals surface area contributed by atoms with Crippen LogP contribution < -0.4 is 5.73 Å². The molecule has 0 aliphatic carbocycles. The van der Waals surface area contributed by atoms with Gasteiger partial charge in [-0.05, 0) is 12.0 Å². The molecule has 1 aromatic rings. The summed E-state index contributed by atoms with van der Waals surface area (Å²) in [5.41, 5.74) is 6.22. The van der Waals surface area contributed by atoms with Crippen LogP contribution in [0.5, 0.6) is 0 Å². The third-order valence-electron chi connectivity index (χ3n) is 1.48. The SMILES string of the molecule is NC(=O)SCCc1ccccc1. The lowest BCUT2D eigenvalue weighted by molar-refractivity contribution is 0.267. The number of carbonyl (C=O) groups excluding carboxylic acids is 1. The highest BCUT2D eigenvalue weighted by atomic mass is 32.2. The van der Waals surface area contributed by atoms with E-state index in [-0.39, 0.29) is 5.24 Å². The Bertz CT molecular complexity index is 248. The lowest BCUT2D eigenvalue weighted by Crippen LogP contribution is -2.04. The highest BCUT2D eigenvalue weighted by Gasteiger charge is 1.95. The molecule has 0 atom stereocenters. The Labute approximate surface area is 76.2 Å². The molecule has 0 aliphatic heterocycles. The molecule has 64 valence electrons. The summed E-state index contributed by atoms with van der Waals surface area (Å²) in [5.74, 6) is 0.763. The number of amides is 1. The van der Waals surface area contributed by atoms with Crippen LogP contribution in [0, 0.1) is 0 Å². The van der Waals surface area contributed by atoms with Gasteiger partial charge >= 0.3 is 0 Å². The van der Waals surface area contributed by atoms with E-state index in [2.05, 4.69) is 0 Å². The zero-order chi connectivity index (χ0) is 8.81. The number of carbonyl (C=O) groups is 1. The molecular weight excluding hydrogens is 170 g/mol. The van der Waals surface area contributed by atoms with Crippen molar-refractivity contribution in [3.63, 3.8) is 0 Å². The highest BCUT2D eigenvalue weighted by Crippen LogP contribution is 2.05. The van der Waals surface area contributed by atoms with Gasteiger partial charge in [-0.15, -0.1) is 0 Å². The topological polar surface area (TPSA) is 43.1 Å². The summed E-state index contributed by atoms with van der Waals surface area (Å²) >= 11 is 1.16. The van der Waals surface area contributed by atoms with Crippen LogP contribution in [0.2, 0.25) is 0 Å². The van der Waals surface area contributed by atoms with Crippen LogP contribution in [-0.4, -0.2) is 11.0 Å². The molecule has 2 N–H and O–H groups in total. The molecule has 0 fully saturated rings. The molecule has 0 saturated carbocycles.